The van der Waals surface area contributed by atoms with Crippen molar-refractivity contribution < 1.29 is 23.9 Å². The monoisotopic (exact) mass is 278 g/mol. The van der Waals surface area contributed by atoms with Crippen molar-refractivity contribution in [2.75, 3.05) is 6.61 Å². The average Bonchev–Trinajstić information content (AvgIpc) is 2.86. The molecular weight excluding hydrogens is 260 g/mol. The van der Waals surface area contributed by atoms with Crippen molar-refractivity contribution >= 4 is 17.7 Å². The molecule has 5 heteroatoms. The Balaban J connectivity index is 1.84. The molecule has 3 atom stereocenters. The summed E-state index contributed by atoms with van der Waals surface area (Å²) in [6, 6.07) is 0. The fourth-order valence-electron chi connectivity index (χ4n) is 2.42. The molecule has 0 saturated carbocycles. The smallest absolute Gasteiger partial charge is 0.333 e. The molecule has 3 unspecified atom stereocenters. The second-order valence-electron chi connectivity index (χ2n) is 5.45. The van der Waals surface area contributed by atoms with Crippen molar-refractivity contribution in [1.82, 2.24) is 0 Å². The maximum Gasteiger partial charge on any atom is 0.333 e. The molecule has 0 bridgehead atoms. The Kier molecular flexibility index (Phi) is 4.06. The Hall–Kier alpha value is -1.91. The first kappa shape index (κ1) is 14.5. The Labute approximate surface area is 117 Å². The zero-order valence-corrected chi connectivity index (χ0v) is 11.5. The predicted octanol–water partition coefficient (Wildman–Crippen LogP) is 1.57. The van der Waals surface area contributed by atoms with Gasteiger partial charge < -0.3 is 9.47 Å². The molecule has 0 aromatic heterocycles. The summed E-state index contributed by atoms with van der Waals surface area (Å²) in [5, 5.41) is 0. The second kappa shape index (κ2) is 5.61. The number of hydrogen-bond acceptors (Lipinski definition) is 5. The van der Waals surface area contributed by atoms with Crippen LogP contribution in [-0.2, 0) is 23.9 Å². The number of esters is 2. The molecule has 2 aliphatic heterocycles. The molecule has 0 aliphatic carbocycles. The average molecular weight is 278 g/mol. The first-order valence-electron chi connectivity index (χ1n) is 6.66. The lowest BCUT2D eigenvalue weighted by Gasteiger charge is -2.12. The van der Waals surface area contributed by atoms with Gasteiger partial charge in [0.1, 0.15) is 6.10 Å². The van der Waals surface area contributed by atoms with Crippen LogP contribution in [0.25, 0.3) is 0 Å². The highest BCUT2D eigenvalue weighted by Gasteiger charge is 2.34. The highest BCUT2D eigenvalue weighted by atomic mass is 16.6. The van der Waals surface area contributed by atoms with E-state index in [1.165, 1.54) is 0 Å². The van der Waals surface area contributed by atoms with Crippen LogP contribution in [0, 0.1) is 11.8 Å². The van der Waals surface area contributed by atoms with E-state index in [1.54, 1.807) is 6.92 Å². The lowest BCUT2D eigenvalue weighted by atomic mass is 9.92. The fraction of sp³-hybridized carbons (Fsp3) is 0.533. The van der Waals surface area contributed by atoms with Gasteiger partial charge in [0, 0.05) is 24.3 Å². The number of carbonyl (C=O) groups excluding carboxylic acids is 3. The Morgan fingerprint density at radius 3 is 2.55 bits per heavy atom. The number of ketones is 1. The van der Waals surface area contributed by atoms with Crippen molar-refractivity contribution in [1.29, 1.82) is 0 Å². The molecule has 5 nitrogen and oxygen atoms in total. The summed E-state index contributed by atoms with van der Waals surface area (Å²) in [5.74, 6) is -1.18. The minimum atomic E-state index is -0.438. The Morgan fingerprint density at radius 2 is 2.05 bits per heavy atom. The quantitative estimate of drug-likeness (QED) is 0.564. The van der Waals surface area contributed by atoms with Gasteiger partial charge in [-0.1, -0.05) is 20.1 Å². The van der Waals surface area contributed by atoms with Crippen LogP contribution < -0.4 is 0 Å². The number of Topliss-reactive ketones (excluding diaryl/α,β-unsaturated/α-hetero) is 1. The highest BCUT2D eigenvalue weighted by Crippen LogP contribution is 2.28. The molecule has 2 fully saturated rings. The molecule has 0 spiro atoms. The standard InChI is InChI=1S/C15H18O5/c1-8(4-12-5-9(2)14(17)20-12)13(16)6-11-7-19-15(18)10(11)3/h9,11-12H,1,3-7H2,2H3. The summed E-state index contributed by atoms with van der Waals surface area (Å²) in [6.07, 6.45) is 0.865. The van der Waals surface area contributed by atoms with Crippen molar-refractivity contribution in [2.24, 2.45) is 11.8 Å². The van der Waals surface area contributed by atoms with Crippen LogP contribution in [0.5, 0.6) is 0 Å². The van der Waals surface area contributed by atoms with E-state index in [4.69, 9.17) is 9.47 Å². The van der Waals surface area contributed by atoms with Gasteiger partial charge in [-0.25, -0.2) is 4.79 Å². The minimum Gasteiger partial charge on any atom is -0.462 e. The van der Waals surface area contributed by atoms with Crippen LogP contribution in [0.3, 0.4) is 0 Å². The van der Waals surface area contributed by atoms with E-state index < -0.39 is 5.97 Å². The Bertz CT molecular complexity index is 490. The van der Waals surface area contributed by atoms with Crippen molar-refractivity contribution in [3.63, 3.8) is 0 Å². The third kappa shape index (κ3) is 2.98. The topological polar surface area (TPSA) is 69.7 Å². The van der Waals surface area contributed by atoms with Gasteiger partial charge in [-0.2, -0.15) is 0 Å². The maximum atomic E-state index is 12.1. The van der Waals surface area contributed by atoms with Gasteiger partial charge in [0.25, 0.3) is 0 Å². The van der Waals surface area contributed by atoms with E-state index in [0.717, 1.165) is 0 Å². The van der Waals surface area contributed by atoms with Crippen molar-refractivity contribution in [2.45, 2.75) is 32.3 Å². The van der Waals surface area contributed by atoms with Gasteiger partial charge in [-0.15, -0.1) is 0 Å². The molecule has 2 saturated heterocycles. The van der Waals surface area contributed by atoms with Gasteiger partial charge in [0.05, 0.1) is 12.5 Å². The van der Waals surface area contributed by atoms with Crippen LogP contribution in [0.4, 0.5) is 0 Å². The molecule has 2 heterocycles. The number of hydrogen-bond donors (Lipinski definition) is 0. The van der Waals surface area contributed by atoms with Crippen LogP contribution in [0.1, 0.15) is 26.2 Å². The molecule has 0 radical (unpaired) electrons. The molecule has 0 amide bonds. The van der Waals surface area contributed by atoms with E-state index >= 15 is 0 Å². The summed E-state index contributed by atoms with van der Waals surface area (Å²) in [4.78, 5) is 34.5. The molecule has 2 aliphatic rings. The van der Waals surface area contributed by atoms with Gasteiger partial charge in [0.15, 0.2) is 5.78 Å². The first-order valence-corrected chi connectivity index (χ1v) is 6.66. The van der Waals surface area contributed by atoms with E-state index in [0.29, 0.717) is 24.0 Å². The van der Waals surface area contributed by atoms with Crippen molar-refractivity contribution in [3.8, 4) is 0 Å². The lowest BCUT2D eigenvalue weighted by Crippen LogP contribution is -2.16. The zero-order valence-electron chi connectivity index (χ0n) is 11.5. The maximum absolute atomic E-state index is 12.1. The number of cyclic esters (lactones) is 2. The fourth-order valence-corrected chi connectivity index (χ4v) is 2.42. The van der Waals surface area contributed by atoms with Crippen molar-refractivity contribution in [3.05, 3.63) is 24.3 Å². The summed E-state index contributed by atoms with van der Waals surface area (Å²) < 4.78 is 9.98. The van der Waals surface area contributed by atoms with E-state index in [9.17, 15) is 14.4 Å². The SMILES string of the molecule is C=C(CC1CC(C)C(=O)O1)C(=O)CC1COC(=O)C1=C. The van der Waals surface area contributed by atoms with Crippen LogP contribution in [0.15, 0.2) is 24.3 Å². The van der Waals surface area contributed by atoms with Gasteiger partial charge in [-0.3, -0.25) is 9.59 Å². The summed E-state index contributed by atoms with van der Waals surface area (Å²) in [7, 11) is 0. The minimum absolute atomic E-state index is 0.122. The molecule has 0 aromatic rings. The Morgan fingerprint density at radius 1 is 1.35 bits per heavy atom. The normalized spacial score (nSPS) is 29.2. The van der Waals surface area contributed by atoms with Gasteiger partial charge in [-0.05, 0) is 12.0 Å². The third-order valence-corrected chi connectivity index (χ3v) is 3.77. The second-order valence-corrected chi connectivity index (χ2v) is 5.45. The highest BCUT2D eigenvalue weighted by molar-refractivity contribution is 5.97. The van der Waals surface area contributed by atoms with Crippen LogP contribution in [-0.4, -0.2) is 30.4 Å². The van der Waals surface area contributed by atoms with E-state index in [-0.39, 0.29) is 42.7 Å². The summed E-state index contributed by atoms with van der Waals surface area (Å²) >= 11 is 0. The summed E-state index contributed by atoms with van der Waals surface area (Å²) in [6.45, 7) is 9.39. The summed E-state index contributed by atoms with van der Waals surface area (Å²) in [5.41, 5.74) is 0.760. The third-order valence-electron chi connectivity index (χ3n) is 3.77. The molecule has 2 rings (SSSR count). The molecular formula is C15H18O5. The lowest BCUT2D eigenvalue weighted by molar-refractivity contribution is -0.144. The number of ether oxygens (including phenoxy) is 2. The molecule has 0 N–H and O–H groups in total. The van der Waals surface area contributed by atoms with Crippen LogP contribution in [0.2, 0.25) is 0 Å². The van der Waals surface area contributed by atoms with Crippen LogP contribution >= 0.6 is 0 Å². The van der Waals surface area contributed by atoms with E-state index in [2.05, 4.69) is 13.2 Å². The van der Waals surface area contributed by atoms with Gasteiger partial charge >= 0.3 is 11.9 Å². The molecule has 20 heavy (non-hydrogen) atoms. The predicted molar refractivity (Wildman–Crippen MR) is 70.6 cm³/mol. The zero-order chi connectivity index (χ0) is 14.9. The van der Waals surface area contributed by atoms with Gasteiger partial charge in [0.2, 0.25) is 0 Å². The largest absolute Gasteiger partial charge is 0.462 e. The number of carbonyl (C=O) groups is 3. The molecule has 0 aromatic carbocycles. The molecule has 108 valence electrons. The first-order chi connectivity index (χ1) is 9.38. The van der Waals surface area contributed by atoms with E-state index in [1.807, 2.05) is 0 Å². The number of rotatable bonds is 5.